The number of aliphatic carboxylic acids is 1. The highest BCUT2D eigenvalue weighted by atomic mass is 16.4. The van der Waals surface area contributed by atoms with E-state index in [9.17, 15) is 14.4 Å². The second-order valence-corrected chi connectivity index (χ2v) is 5.43. The number of fused-ring (bicyclic) bond motifs is 1. The number of nitrogens with one attached hydrogen (secondary N) is 1. The molecule has 0 bridgehead atoms. The highest BCUT2D eigenvalue weighted by molar-refractivity contribution is 5.99. The molecule has 1 aliphatic rings. The molecule has 6 heteroatoms. The molecule has 1 heterocycles. The van der Waals surface area contributed by atoms with Crippen LogP contribution in [0.4, 0.5) is 5.69 Å². The topological polar surface area (TPSA) is 86.7 Å². The molecule has 0 aromatic heterocycles. The Morgan fingerprint density at radius 1 is 1.39 bits per heavy atom. The molecule has 0 saturated heterocycles. The molecule has 2 amide bonds. The minimum absolute atomic E-state index is 0.0294. The van der Waals surface area contributed by atoms with Crippen molar-refractivity contribution < 1.29 is 19.5 Å². The molecule has 0 aliphatic carbocycles. The van der Waals surface area contributed by atoms with Gasteiger partial charge in [-0.2, -0.15) is 0 Å². The molecule has 0 radical (unpaired) electrons. The first kappa shape index (κ1) is 16.7. The predicted molar refractivity (Wildman–Crippen MR) is 86.5 cm³/mol. The molecule has 23 heavy (non-hydrogen) atoms. The quantitative estimate of drug-likeness (QED) is 0.810. The van der Waals surface area contributed by atoms with Crippen LogP contribution in [0, 0.1) is 0 Å². The summed E-state index contributed by atoms with van der Waals surface area (Å²) < 4.78 is 0. The number of carboxylic acids is 1. The second-order valence-electron chi connectivity index (χ2n) is 5.43. The summed E-state index contributed by atoms with van der Waals surface area (Å²) in [6, 6.07) is 4.12. The standard InChI is InChI=1S/C17H20N2O4/c1-3-4-5-14(17(22)23)18-16(21)13-6-7-15-12(10-13)8-9-19(15)11(2)20/h3-4,6-7,10,14H,5,8-9H2,1-2H3,(H,18,21)(H,22,23)/b4-3+. The van der Waals surface area contributed by atoms with Crippen molar-refractivity contribution in [1.82, 2.24) is 5.32 Å². The smallest absolute Gasteiger partial charge is 0.326 e. The van der Waals surface area contributed by atoms with E-state index in [1.807, 2.05) is 0 Å². The van der Waals surface area contributed by atoms with E-state index in [0.29, 0.717) is 18.5 Å². The Morgan fingerprint density at radius 2 is 2.13 bits per heavy atom. The molecule has 0 fully saturated rings. The van der Waals surface area contributed by atoms with Crippen LogP contribution >= 0.6 is 0 Å². The lowest BCUT2D eigenvalue weighted by atomic mass is 10.1. The highest BCUT2D eigenvalue weighted by Gasteiger charge is 2.24. The van der Waals surface area contributed by atoms with Gasteiger partial charge in [-0.05, 0) is 43.5 Å². The van der Waals surface area contributed by atoms with Gasteiger partial charge in [-0.3, -0.25) is 9.59 Å². The zero-order chi connectivity index (χ0) is 17.0. The summed E-state index contributed by atoms with van der Waals surface area (Å²) in [7, 11) is 0. The fourth-order valence-corrected chi connectivity index (χ4v) is 2.61. The SMILES string of the molecule is C/C=C/CC(NC(=O)c1ccc2c(c1)CCN2C(C)=O)C(=O)O. The third-order valence-electron chi connectivity index (χ3n) is 3.83. The van der Waals surface area contributed by atoms with E-state index in [2.05, 4.69) is 5.32 Å². The van der Waals surface area contributed by atoms with Crippen LogP contribution in [-0.2, 0) is 16.0 Å². The van der Waals surface area contributed by atoms with E-state index in [-0.39, 0.29) is 12.3 Å². The van der Waals surface area contributed by atoms with Gasteiger partial charge in [0.1, 0.15) is 6.04 Å². The van der Waals surface area contributed by atoms with E-state index < -0.39 is 17.9 Å². The predicted octanol–water partition coefficient (Wildman–Crippen LogP) is 1.74. The van der Waals surface area contributed by atoms with Crippen LogP contribution in [0.1, 0.15) is 36.2 Å². The van der Waals surface area contributed by atoms with E-state index in [1.165, 1.54) is 6.92 Å². The van der Waals surface area contributed by atoms with Gasteiger partial charge in [0.25, 0.3) is 5.91 Å². The third kappa shape index (κ3) is 3.77. The van der Waals surface area contributed by atoms with Crippen molar-refractivity contribution in [3.8, 4) is 0 Å². The van der Waals surface area contributed by atoms with Crippen molar-refractivity contribution in [3.63, 3.8) is 0 Å². The summed E-state index contributed by atoms with van der Waals surface area (Å²) >= 11 is 0. The fourth-order valence-electron chi connectivity index (χ4n) is 2.61. The number of carbonyl (C=O) groups is 3. The molecule has 1 aromatic carbocycles. The zero-order valence-electron chi connectivity index (χ0n) is 13.2. The lowest BCUT2D eigenvalue weighted by Gasteiger charge is -2.16. The Morgan fingerprint density at radius 3 is 2.74 bits per heavy atom. The number of anilines is 1. The minimum Gasteiger partial charge on any atom is -0.480 e. The van der Waals surface area contributed by atoms with E-state index >= 15 is 0 Å². The first-order valence-electron chi connectivity index (χ1n) is 7.50. The number of rotatable bonds is 5. The number of benzene rings is 1. The maximum atomic E-state index is 12.3. The van der Waals surface area contributed by atoms with Gasteiger partial charge in [-0.25, -0.2) is 4.79 Å². The Hall–Kier alpha value is -2.63. The van der Waals surface area contributed by atoms with Gasteiger partial charge < -0.3 is 15.3 Å². The zero-order valence-corrected chi connectivity index (χ0v) is 13.2. The van der Waals surface area contributed by atoms with E-state index in [1.54, 1.807) is 42.2 Å². The van der Waals surface area contributed by atoms with Gasteiger partial charge in [0.2, 0.25) is 5.91 Å². The Bertz CT molecular complexity index is 667. The molecule has 2 N–H and O–H groups in total. The summed E-state index contributed by atoms with van der Waals surface area (Å²) in [5, 5.41) is 11.7. The van der Waals surface area contributed by atoms with Gasteiger partial charge in [0, 0.05) is 24.7 Å². The maximum Gasteiger partial charge on any atom is 0.326 e. The Labute approximate surface area is 134 Å². The molecule has 122 valence electrons. The number of carbonyl (C=O) groups excluding carboxylic acids is 2. The minimum atomic E-state index is -1.07. The highest BCUT2D eigenvalue weighted by Crippen LogP contribution is 2.28. The molecular weight excluding hydrogens is 296 g/mol. The molecule has 1 unspecified atom stereocenters. The molecule has 1 aromatic rings. The summed E-state index contributed by atoms with van der Waals surface area (Å²) in [6.45, 7) is 3.91. The first-order chi connectivity index (χ1) is 10.9. The first-order valence-corrected chi connectivity index (χ1v) is 7.50. The summed E-state index contributed by atoms with van der Waals surface area (Å²) in [4.78, 5) is 36.6. The van der Waals surface area contributed by atoms with Gasteiger partial charge in [0.15, 0.2) is 0 Å². The van der Waals surface area contributed by atoms with Crippen molar-refractivity contribution in [3.05, 3.63) is 41.5 Å². The fraction of sp³-hybridized carbons (Fsp3) is 0.353. The van der Waals surface area contributed by atoms with Gasteiger partial charge in [-0.1, -0.05) is 12.2 Å². The van der Waals surface area contributed by atoms with E-state index in [4.69, 9.17) is 5.11 Å². The Kier molecular flexibility index (Phi) is 5.16. The number of allylic oxidation sites excluding steroid dienone is 1. The molecular formula is C17H20N2O4. The number of amides is 2. The van der Waals surface area contributed by atoms with Crippen LogP contribution in [0.3, 0.4) is 0 Å². The summed E-state index contributed by atoms with van der Waals surface area (Å²) in [5.74, 6) is -1.52. The van der Waals surface area contributed by atoms with Gasteiger partial charge in [-0.15, -0.1) is 0 Å². The Balaban J connectivity index is 2.14. The normalized spacial score (nSPS) is 14.6. The van der Waals surface area contributed by atoms with Crippen LogP contribution in [-0.4, -0.2) is 35.5 Å². The van der Waals surface area contributed by atoms with Crippen molar-refractivity contribution in [2.24, 2.45) is 0 Å². The van der Waals surface area contributed by atoms with Crippen LogP contribution in [0.15, 0.2) is 30.4 Å². The molecule has 2 rings (SSSR count). The van der Waals surface area contributed by atoms with E-state index in [0.717, 1.165) is 11.3 Å². The monoisotopic (exact) mass is 316 g/mol. The number of nitrogens with zero attached hydrogens (tertiary/aromatic N) is 1. The van der Waals surface area contributed by atoms with Gasteiger partial charge in [0.05, 0.1) is 0 Å². The average Bonchev–Trinajstić information content (AvgIpc) is 2.94. The summed E-state index contributed by atoms with van der Waals surface area (Å²) in [5.41, 5.74) is 2.15. The van der Waals surface area contributed by atoms with Crippen molar-refractivity contribution in [1.29, 1.82) is 0 Å². The van der Waals surface area contributed by atoms with Crippen molar-refractivity contribution in [2.75, 3.05) is 11.4 Å². The van der Waals surface area contributed by atoms with Crippen LogP contribution < -0.4 is 10.2 Å². The summed E-state index contributed by atoms with van der Waals surface area (Å²) in [6.07, 6.45) is 4.37. The molecule has 0 spiro atoms. The van der Waals surface area contributed by atoms with Gasteiger partial charge >= 0.3 is 5.97 Å². The van der Waals surface area contributed by atoms with Crippen molar-refractivity contribution >= 4 is 23.5 Å². The molecule has 1 atom stereocenters. The number of carboxylic acid groups (broad SMARTS) is 1. The second kappa shape index (κ2) is 7.09. The lowest BCUT2D eigenvalue weighted by molar-refractivity contribution is -0.139. The average molecular weight is 316 g/mol. The van der Waals surface area contributed by atoms with Crippen LogP contribution in [0.25, 0.3) is 0 Å². The molecule has 6 nitrogen and oxygen atoms in total. The largest absolute Gasteiger partial charge is 0.480 e. The molecule has 0 saturated carbocycles. The third-order valence-corrected chi connectivity index (χ3v) is 3.83. The number of hydrogen-bond acceptors (Lipinski definition) is 3. The van der Waals surface area contributed by atoms with Crippen LogP contribution in [0.2, 0.25) is 0 Å². The maximum absolute atomic E-state index is 12.3. The lowest BCUT2D eigenvalue weighted by Crippen LogP contribution is -2.40. The van der Waals surface area contributed by atoms with Crippen molar-refractivity contribution in [2.45, 2.75) is 32.7 Å². The van der Waals surface area contributed by atoms with Crippen LogP contribution in [0.5, 0.6) is 0 Å². The number of hydrogen-bond donors (Lipinski definition) is 2. The molecule has 1 aliphatic heterocycles.